The van der Waals surface area contributed by atoms with Crippen molar-refractivity contribution in [3.05, 3.63) is 53.9 Å². The Labute approximate surface area is 180 Å². The number of amides is 2. The summed E-state index contributed by atoms with van der Waals surface area (Å²) in [6, 6.07) is 11.7. The van der Waals surface area contributed by atoms with Crippen LogP contribution >= 0.6 is 0 Å². The van der Waals surface area contributed by atoms with Crippen LogP contribution < -0.4 is 4.90 Å². The van der Waals surface area contributed by atoms with Crippen LogP contribution in [0.1, 0.15) is 28.8 Å². The van der Waals surface area contributed by atoms with Gasteiger partial charge in [-0.15, -0.1) is 15.3 Å². The maximum atomic E-state index is 12.8. The largest absolute Gasteiger partial charge is 0.352 e. The Bertz CT molecular complexity index is 1100. The lowest BCUT2D eigenvalue weighted by molar-refractivity contribution is -0.130. The summed E-state index contributed by atoms with van der Waals surface area (Å²) in [6.45, 7) is 2.77. The van der Waals surface area contributed by atoms with Gasteiger partial charge in [-0.3, -0.25) is 9.59 Å². The normalized spacial score (nSPS) is 16.5. The minimum atomic E-state index is 0.0507. The van der Waals surface area contributed by atoms with Crippen LogP contribution in [0, 0.1) is 0 Å². The highest BCUT2D eigenvalue weighted by atomic mass is 16.2. The number of carbonyl (C=O) groups excluding carboxylic acids is 2. The maximum Gasteiger partial charge on any atom is 0.253 e. The van der Waals surface area contributed by atoms with E-state index in [9.17, 15) is 9.59 Å². The highest BCUT2D eigenvalue weighted by Crippen LogP contribution is 2.26. The van der Waals surface area contributed by atoms with E-state index in [-0.39, 0.29) is 11.8 Å². The minimum absolute atomic E-state index is 0.0507. The molecule has 1 aromatic carbocycles. The zero-order chi connectivity index (χ0) is 21.4. The Kier molecular flexibility index (Phi) is 5.01. The number of anilines is 1. The van der Waals surface area contributed by atoms with Crippen LogP contribution in [0.3, 0.4) is 0 Å². The summed E-state index contributed by atoms with van der Waals surface area (Å²) in [4.78, 5) is 31.1. The lowest BCUT2D eigenvalue weighted by atomic mass is 10.1. The number of rotatable bonds is 5. The molecule has 0 unspecified atom stereocenters. The van der Waals surface area contributed by atoms with Crippen LogP contribution in [0.15, 0.2) is 42.7 Å². The Morgan fingerprint density at radius 2 is 1.77 bits per heavy atom. The van der Waals surface area contributed by atoms with E-state index in [1.54, 1.807) is 10.8 Å². The molecule has 3 heterocycles. The van der Waals surface area contributed by atoms with Crippen LogP contribution in [-0.2, 0) is 11.2 Å². The second-order valence-corrected chi connectivity index (χ2v) is 8.21. The van der Waals surface area contributed by atoms with Crippen molar-refractivity contribution in [3.63, 3.8) is 0 Å². The second kappa shape index (κ2) is 7.98. The van der Waals surface area contributed by atoms with Crippen molar-refractivity contribution in [1.29, 1.82) is 0 Å². The minimum Gasteiger partial charge on any atom is -0.352 e. The Balaban J connectivity index is 1.15. The monoisotopic (exact) mass is 419 g/mol. The van der Waals surface area contributed by atoms with Crippen LogP contribution in [-0.4, -0.2) is 80.7 Å². The van der Waals surface area contributed by atoms with E-state index in [0.29, 0.717) is 36.8 Å². The molecule has 2 fully saturated rings. The zero-order valence-corrected chi connectivity index (χ0v) is 17.5. The van der Waals surface area contributed by atoms with E-state index in [4.69, 9.17) is 0 Å². The van der Waals surface area contributed by atoms with Gasteiger partial charge in [0.05, 0.1) is 6.42 Å². The van der Waals surface area contributed by atoms with Gasteiger partial charge in [-0.05, 0) is 42.7 Å². The molecule has 0 bridgehead atoms. The van der Waals surface area contributed by atoms with Gasteiger partial charge in [0.25, 0.3) is 5.91 Å². The van der Waals surface area contributed by atoms with Gasteiger partial charge in [0, 0.05) is 44.8 Å². The molecule has 9 nitrogen and oxygen atoms in total. The molecule has 2 amide bonds. The van der Waals surface area contributed by atoms with Crippen LogP contribution in [0.2, 0.25) is 0 Å². The van der Waals surface area contributed by atoms with Crippen molar-refractivity contribution in [2.75, 3.05) is 38.1 Å². The number of fused-ring (bicyclic) bond motifs is 1. The fourth-order valence-electron chi connectivity index (χ4n) is 3.95. The summed E-state index contributed by atoms with van der Waals surface area (Å²) in [5.41, 5.74) is 2.32. The third-order valence-corrected chi connectivity index (χ3v) is 6.08. The standard InChI is InChI=1S/C22H25N7O2/c1-26(18-6-7-18)22(31)17-4-2-16(3-5-17)14-21(30)28-12-10-27(11-13-28)20-9-8-19-24-23-15-29(19)25-20/h2-5,8-9,15,18H,6-7,10-14H2,1H3. The second-order valence-electron chi connectivity index (χ2n) is 8.21. The fourth-order valence-corrected chi connectivity index (χ4v) is 3.95. The van der Waals surface area contributed by atoms with Crippen LogP contribution in [0.5, 0.6) is 0 Å². The third-order valence-electron chi connectivity index (χ3n) is 6.08. The molecule has 1 aliphatic carbocycles. The van der Waals surface area contributed by atoms with E-state index >= 15 is 0 Å². The SMILES string of the molecule is CN(C(=O)c1ccc(CC(=O)N2CCN(c3ccc4nncn4n3)CC2)cc1)C1CC1. The molecule has 5 rings (SSSR count). The molecule has 0 atom stereocenters. The summed E-state index contributed by atoms with van der Waals surface area (Å²) >= 11 is 0. The lowest BCUT2D eigenvalue weighted by Crippen LogP contribution is -2.49. The molecule has 160 valence electrons. The number of hydrogen-bond donors (Lipinski definition) is 0. The van der Waals surface area contributed by atoms with Crippen molar-refractivity contribution >= 4 is 23.3 Å². The predicted molar refractivity (Wildman–Crippen MR) is 115 cm³/mol. The highest BCUT2D eigenvalue weighted by Gasteiger charge is 2.30. The van der Waals surface area contributed by atoms with E-state index < -0.39 is 0 Å². The van der Waals surface area contributed by atoms with Crippen LogP contribution in [0.4, 0.5) is 5.82 Å². The lowest BCUT2D eigenvalue weighted by Gasteiger charge is -2.35. The topological polar surface area (TPSA) is 86.9 Å². The average Bonchev–Trinajstić information content (AvgIpc) is 3.55. The molecular weight excluding hydrogens is 394 g/mol. The van der Waals surface area contributed by atoms with Crippen molar-refractivity contribution in [2.24, 2.45) is 0 Å². The quantitative estimate of drug-likeness (QED) is 0.619. The first kappa shape index (κ1) is 19.5. The summed E-state index contributed by atoms with van der Waals surface area (Å²) in [6.07, 6.45) is 4.11. The van der Waals surface area contributed by atoms with Gasteiger partial charge in [-0.1, -0.05) is 12.1 Å². The van der Waals surface area contributed by atoms with Gasteiger partial charge >= 0.3 is 0 Å². The molecule has 2 aliphatic rings. The molecule has 1 saturated heterocycles. The van der Waals surface area contributed by atoms with Gasteiger partial charge in [-0.2, -0.15) is 4.52 Å². The Morgan fingerprint density at radius 1 is 1.03 bits per heavy atom. The van der Waals surface area contributed by atoms with E-state index in [1.807, 2.05) is 53.2 Å². The summed E-state index contributed by atoms with van der Waals surface area (Å²) in [5, 5.41) is 12.4. The zero-order valence-electron chi connectivity index (χ0n) is 17.5. The first-order valence-corrected chi connectivity index (χ1v) is 10.6. The van der Waals surface area contributed by atoms with Gasteiger partial charge < -0.3 is 14.7 Å². The van der Waals surface area contributed by atoms with Gasteiger partial charge in [-0.25, -0.2) is 0 Å². The van der Waals surface area contributed by atoms with Crippen molar-refractivity contribution in [1.82, 2.24) is 29.6 Å². The first-order valence-electron chi connectivity index (χ1n) is 10.6. The third kappa shape index (κ3) is 4.08. The maximum absolute atomic E-state index is 12.8. The van der Waals surface area contributed by atoms with Crippen LogP contribution in [0.25, 0.3) is 5.65 Å². The summed E-state index contributed by atoms with van der Waals surface area (Å²) in [7, 11) is 1.86. The molecule has 1 aliphatic heterocycles. The Morgan fingerprint density at radius 3 is 2.48 bits per heavy atom. The van der Waals surface area contributed by atoms with Crippen molar-refractivity contribution in [2.45, 2.75) is 25.3 Å². The predicted octanol–water partition coefficient (Wildman–Crippen LogP) is 1.25. The fraction of sp³-hybridized carbons (Fsp3) is 0.409. The molecule has 9 heteroatoms. The van der Waals surface area contributed by atoms with Crippen molar-refractivity contribution in [3.8, 4) is 0 Å². The van der Waals surface area contributed by atoms with Gasteiger partial charge in [0.15, 0.2) is 5.65 Å². The van der Waals surface area contributed by atoms with E-state index in [2.05, 4.69) is 20.2 Å². The number of piperazine rings is 1. The van der Waals surface area contributed by atoms with Gasteiger partial charge in [0.1, 0.15) is 12.1 Å². The van der Waals surface area contributed by atoms with E-state index in [1.165, 1.54) is 0 Å². The number of benzene rings is 1. The molecule has 1 saturated carbocycles. The van der Waals surface area contributed by atoms with E-state index in [0.717, 1.165) is 37.3 Å². The molecule has 2 aromatic heterocycles. The summed E-state index contributed by atoms with van der Waals surface area (Å²) in [5.74, 6) is 1.02. The van der Waals surface area contributed by atoms with Gasteiger partial charge in [0.2, 0.25) is 5.91 Å². The first-order chi connectivity index (χ1) is 15.1. The molecular formula is C22H25N7O2. The summed E-state index contributed by atoms with van der Waals surface area (Å²) < 4.78 is 1.66. The number of hydrogen-bond acceptors (Lipinski definition) is 6. The number of aromatic nitrogens is 4. The number of nitrogens with zero attached hydrogens (tertiary/aromatic N) is 7. The molecule has 3 aromatic rings. The average molecular weight is 419 g/mol. The molecule has 0 spiro atoms. The molecule has 0 radical (unpaired) electrons. The van der Waals surface area contributed by atoms with Crippen molar-refractivity contribution < 1.29 is 9.59 Å². The highest BCUT2D eigenvalue weighted by molar-refractivity contribution is 5.94. The smallest absolute Gasteiger partial charge is 0.253 e. The molecule has 0 N–H and O–H groups in total. The molecule has 31 heavy (non-hydrogen) atoms. The number of carbonyl (C=O) groups is 2. The Hall–Kier alpha value is -3.49.